The Morgan fingerprint density at radius 1 is 0.280 bits per heavy atom. The smallest absolute Gasteiger partial charge is 0.164 e. The molecule has 16 rings (SSSR count). The molecule has 1 unspecified atom stereocenters. The second-order valence-electron chi connectivity index (χ2n) is 19.8. The third-order valence-electron chi connectivity index (χ3n) is 16.0. The van der Waals surface area contributed by atoms with Gasteiger partial charge in [-0.2, -0.15) is 0 Å². The van der Waals surface area contributed by atoms with Crippen LogP contribution in [0.3, 0.4) is 0 Å². The first kappa shape index (κ1) is 41.6. The van der Waals surface area contributed by atoms with E-state index in [9.17, 15) is 0 Å². The Morgan fingerprint density at radius 3 is 1.49 bits per heavy atom. The molecular weight excluding hydrogens is 911 g/mol. The minimum atomic E-state index is -0.685. The zero-order valence-electron chi connectivity index (χ0n) is 40.6. The van der Waals surface area contributed by atoms with E-state index in [0.29, 0.717) is 17.5 Å². The normalized spacial score (nSPS) is 14.2. The van der Waals surface area contributed by atoms with E-state index in [1.165, 1.54) is 71.6 Å². The van der Waals surface area contributed by atoms with E-state index in [0.717, 1.165) is 55.8 Å². The molecule has 0 N–H and O–H groups in total. The summed E-state index contributed by atoms with van der Waals surface area (Å²) in [6.07, 6.45) is 0. The monoisotopic (exact) mass is 953 g/mol. The van der Waals surface area contributed by atoms with E-state index >= 15 is 0 Å². The predicted octanol–water partition coefficient (Wildman–Crippen LogP) is 17.1. The molecule has 0 radical (unpaired) electrons. The van der Waals surface area contributed by atoms with Crippen molar-refractivity contribution in [3.05, 3.63) is 283 Å². The number of aromatic nitrogens is 5. The molecular formula is C70H43N5. The van der Waals surface area contributed by atoms with Crippen LogP contribution in [-0.4, -0.2) is 24.1 Å². The molecule has 75 heavy (non-hydrogen) atoms. The molecule has 0 saturated carbocycles. The Balaban J connectivity index is 0.966. The van der Waals surface area contributed by atoms with Gasteiger partial charge in [-0.15, -0.1) is 0 Å². The van der Waals surface area contributed by atoms with Gasteiger partial charge in [0.2, 0.25) is 0 Å². The molecule has 1 aliphatic heterocycles. The maximum absolute atomic E-state index is 5.47. The van der Waals surface area contributed by atoms with E-state index in [2.05, 4.69) is 252 Å². The summed E-state index contributed by atoms with van der Waals surface area (Å²) in [6, 6.07) is 94.7. The zero-order chi connectivity index (χ0) is 49.2. The quantitative estimate of drug-likeness (QED) is 0.167. The van der Waals surface area contributed by atoms with Crippen molar-refractivity contribution in [2.24, 2.45) is 0 Å². The van der Waals surface area contributed by atoms with Crippen LogP contribution in [0.15, 0.2) is 261 Å². The first-order valence-electron chi connectivity index (χ1n) is 25.7. The van der Waals surface area contributed by atoms with Gasteiger partial charge in [-0.1, -0.05) is 218 Å². The van der Waals surface area contributed by atoms with Crippen molar-refractivity contribution < 1.29 is 0 Å². The summed E-state index contributed by atoms with van der Waals surface area (Å²) < 4.78 is 4.91. The number of benzene rings is 11. The molecule has 0 amide bonds. The topological polar surface area (TPSA) is 48.5 Å². The maximum Gasteiger partial charge on any atom is 0.164 e. The molecule has 11 aromatic carbocycles. The van der Waals surface area contributed by atoms with Crippen LogP contribution in [0.5, 0.6) is 0 Å². The van der Waals surface area contributed by atoms with Gasteiger partial charge in [0, 0.05) is 43.9 Å². The van der Waals surface area contributed by atoms with Crippen LogP contribution in [0.4, 0.5) is 0 Å². The Hall–Kier alpha value is -9.97. The van der Waals surface area contributed by atoms with E-state index in [4.69, 9.17) is 15.0 Å². The molecule has 0 saturated heterocycles. The zero-order valence-corrected chi connectivity index (χ0v) is 40.6. The summed E-state index contributed by atoms with van der Waals surface area (Å²) >= 11 is 0. The fraction of sp³-hybridized carbons (Fsp3) is 0.0143. The molecule has 348 valence electrons. The molecule has 14 aromatic rings. The Kier molecular flexibility index (Phi) is 8.89. The summed E-state index contributed by atoms with van der Waals surface area (Å²) in [6.45, 7) is 0. The van der Waals surface area contributed by atoms with Gasteiger partial charge in [0.1, 0.15) is 0 Å². The van der Waals surface area contributed by atoms with Crippen molar-refractivity contribution in [2.75, 3.05) is 0 Å². The molecule has 2 aliphatic rings. The first-order valence-corrected chi connectivity index (χ1v) is 25.7. The van der Waals surface area contributed by atoms with Crippen molar-refractivity contribution in [2.45, 2.75) is 5.41 Å². The van der Waals surface area contributed by atoms with Crippen LogP contribution in [0, 0.1) is 0 Å². The second-order valence-corrected chi connectivity index (χ2v) is 19.8. The number of para-hydroxylation sites is 5. The van der Waals surface area contributed by atoms with Crippen LogP contribution >= 0.6 is 0 Å². The molecule has 0 bridgehead atoms. The van der Waals surface area contributed by atoms with Gasteiger partial charge in [-0.05, 0) is 98.1 Å². The largest absolute Gasteiger partial charge is 0.309 e. The van der Waals surface area contributed by atoms with Gasteiger partial charge in [-0.3, -0.25) is 0 Å². The molecule has 1 spiro atoms. The summed E-state index contributed by atoms with van der Waals surface area (Å²) in [5.41, 5.74) is 21.0. The summed E-state index contributed by atoms with van der Waals surface area (Å²) in [5.74, 6) is 1.87. The fourth-order valence-electron chi connectivity index (χ4n) is 12.8. The SMILES string of the molecule is c1ccc(-c2ccc(-c3nc(-c4ccccc4)nc(-c4cccc5c4-c4cc(-c6cccc(-n7c8ccccc8c8ccccc87)c6)ccc4C54c5ccccc5-n5c6ccccc6c6cccc4c65)n3)cc2)cc1. The third kappa shape index (κ3) is 5.98. The average molecular weight is 954 g/mol. The highest BCUT2D eigenvalue weighted by Crippen LogP contribution is 2.63. The van der Waals surface area contributed by atoms with Crippen molar-refractivity contribution in [1.29, 1.82) is 0 Å². The average Bonchev–Trinajstić information content (AvgIpc) is 4.34. The highest BCUT2D eigenvalue weighted by atomic mass is 15.0. The number of nitrogens with zero attached hydrogens (tertiary/aromatic N) is 5. The number of fused-ring (bicyclic) bond motifs is 15. The van der Waals surface area contributed by atoms with E-state index in [-0.39, 0.29) is 0 Å². The predicted molar refractivity (Wildman–Crippen MR) is 307 cm³/mol. The van der Waals surface area contributed by atoms with Crippen molar-refractivity contribution in [1.82, 2.24) is 24.1 Å². The molecule has 3 aromatic heterocycles. The summed E-state index contributed by atoms with van der Waals surface area (Å²) in [5, 5.41) is 4.98. The minimum Gasteiger partial charge on any atom is -0.309 e. The highest BCUT2D eigenvalue weighted by Gasteiger charge is 2.51. The lowest BCUT2D eigenvalue weighted by Crippen LogP contribution is -2.33. The van der Waals surface area contributed by atoms with Gasteiger partial charge >= 0.3 is 0 Å². The Morgan fingerprint density at radius 2 is 0.760 bits per heavy atom. The van der Waals surface area contributed by atoms with Crippen LogP contribution in [0.1, 0.15) is 22.3 Å². The van der Waals surface area contributed by atoms with Gasteiger partial charge < -0.3 is 9.13 Å². The molecule has 1 atom stereocenters. The van der Waals surface area contributed by atoms with Gasteiger partial charge in [0.05, 0.1) is 33.2 Å². The van der Waals surface area contributed by atoms with Crippen LogP contribution in [0.25, 0.3) is 123 Å². The summed E-state index contributed by atoms with van der Waals surface area (Å²) in [4.78, 5) is 16.1. The van der Waals surface area contributed by atoms with E-state index in [1.54, 1.807) is 0 Å². The van der Waals surface area contributed by atoms with E-state index < -0.39 is 5.41 Å². The number of rotatable bonds is 6. The molecule has 4 heterocycles. The van der Waals surface area contributed by atoms with Crippen LogP contribution < -0.4 is 0 Å². The van der Waals surface area contributed by atoms with Gasteiger partial charge in [0.25, 0.3) is 0 Å². The lowest BCUT2D eigenvalue weighted by Gasteiger charge is -2.39. The molecule has 5 nitrogen and oxygen atoms in total. The third-order valence-corrected chi connectivity index (χ3v) is 16.0. The lowest BCUT2D eigenvalue weighted by atomic mass is 9.65. The van der Waals surface area contributed by atoms with Crippen molar-refractivity contribution in [3.63, 3.8) is 0 Å². The van der Waals surface area contributed by atoms with Crippen molar-refractivity contribution >= 4 is 43.6 Å². The van der Waals surface area contributed by atoms with Gasteiger partial charge in [-0.25, -0.2) is 15.0 Å². The van der Waals surface area contributed by atoms with Crippen LogP contribution in [0.2, 0.25) is 0 Å². The molecule has 0 fully saturated rings. The maximum atomic E-state index is 5.47. The Labute approximate surface area is 433 Å². The standard InChI is InChI=1S/C70H43N5/c1-3-18-44(19-4-1)45-36-38-47(39-37-45)68-71-67(46-20-5-2-6-21-46)72-69(73-68)55-28-17-30-59-65(55)56-43-49(48-22-15-23-50(42-48)74-61-32-11-7-24-51(61)52-25-8-12-33-62(52)74)40-41-57(56)70(59)58-29-10-14-35-64(58)75-63-34-13-9-26-53(63)54-27-16-31-60(70)66(54)75/h1-43H. The van der Waals surface area contributed by atoms with Crippen LogP contribution in [-0.2, 0) is 5.41 Å². The molecule has 1 aliphatic carbocycles. The highest BCUT2D eigenvalue weighted by molar-refractivity contribution is 6.13. The lowest BCUT2D eigenvalue weighted by molar-refractivity contribution is 0.748. The number of hydrogen-bond donors (Lipinski definition) is 0. The molecule has 5 heteroatoms. The van der Waals surface area contributed by atoms with E-state index in [1.807, 2.05) is 18.2 Å². The summed E-state index contributed by atoms with van der Waals surface area (Å²) in [7, 11) is 0. The van der Waals surface area contributed by atoms with Crippen molar-refractivity contribution in [3.8, 4) is 78.9 Å². The first-order chi connectivity index (χ1) is 37.2. The van der Waals surface area contributed by atoms with Gasteiger partial charge in [0.15, 0.2) is 17.5 Å². The Bertz CT molecular complexity index is 4590. The second kappa shape index (κ2) is 16.0. The number of hydrogen-bond acceptors (Lipinski definition) is 3. The minimum absolute atomic E-state index is 0.622. The fourth-order valence-corrected chi connectivity index (χ4v) is 12.8.